The van der Waals surface area contributed by atoms with Crippen molar-refractivity contribution in [3.05, 3.63) is 24.3 Å². The van der Waals surface area contributed by atoms with Gasteiger partial charge < -0.3 is 10.6 Å². The van der Waals surface area contributed by atoms with Crippen LogP contribution in [-0.4, -0.2) is 11.9 Å². The number of anilines is 2. The van der Waals surface area contributed by atoms with E-state index in [-0.39, 0.29) is 11.9 Å². The van der Waals surface area contributed by atoms with Gasteiger partial charge in [0.05, 0.1) is 11.4 Å². The van der Waals surface area contributed by atoms with E-state index in [1.54, 1.807) is 0 Å². The minimum absolute atomic E-state index is 0.0723. The number of para-hydroxylation sites is 2. The Hall–Kier alpha value is -1.51. The summed E-state index contributed by atoms with van der Waals surface area (Å²) in [6, 6.07) is 7.68. The van der Waals surface area contributed by atoms with Gasteiger partial charge in [0.2, 0.25) is 5.91 Å². The number of carbonyl (C=O) groups excluding carboxylic acids is 1. The number of rotatable bonds is 2. The highest BCUT2D eigenvalue weighted by atomic mass is 16.2. The Morgan fingerprint density at radius 1 is 1.33 bits per heavy atom. The van der Waals surface area contributed by atoms with Crippen LogP contribution in [0, 0.1) is 5.92 Å². The van der Waals surface area contributed by atoms with Crippen molar-refractivity contribution in [1.29, 1.82) is 0 Å². The average Bonchev–Trinajstić information content (AvgIpc) is 2.27. The van der Waals surface area contributed by atoms with Gasteiger partial charge >= 0.3 is 0 Å². The number of amides is 1. The van der Waals surface area contributed by atoms with Gasteiger partial charge in [0.1, 0.15) is 6.04 Å². The van der Waals surface area contributed by atoms with Crippen LogP contribution >= 0.6 is 0 Å². The third-order valence-electron chi connectivity index (χ3n) is 2.99. The van der Waals surface area contributed by atoms with Gasteiger partial charge in [-0.25, -0.2) is 0 Å². The number of benzene rings is 1. The van der Waals surface area contributed by atoms with Gasteiger partial charge in [0.25, 0.3) is 0 Å². The second kappa shape index (κ2) is 3.93. The highest BCUT2D eigenvalue weighted by molar-refractivity contribution is 6.03. The molecule has 1 heterocycles. The summed E-state index contributed by atoms with van der Waals surface area (Å²) in [5.41, 5.74) is 1.89. The van der Waals surface area contributed by atoms with Crippen LogP contribution in [0.4, 0.5) is 11.4 Å². The molecular formula is C12H16N2O. The SMILES string of the molecule is CC[C@H](C)C1Nc2ccccc2NC1=O. The van der Waals surface area contributed by atoms with Crippen LogP contribution in [0.3, 0.4) is 0 Å². The molecule has 3 heteroatoms. The summed E-state index contributed by atoms with van der Waals surface area (Å²) in [5.74, 6) is 0.418. The molecule has 80 valence electrons. The largest absolute Gasteiger partial charge is 0.372 e. The predicted octanol–water partition coefficient (Wildman–Crippen LogP) is 2.47. The van der Waals surface area contributed by atoms with Crippen LogP contribution in [-0.2, 0) is 4.79 Å². The second-order valence-corrected chi connectivity index (χ2v) is 4.04. The van der Waals surface area contributed by atoms with E-state index in [0.717, 1.165) is 17.8 Å². The summed E-state index contributed by atoms with van der Waals surface area (Å²) in [5, 5.41) is 6.21. The van der Waals surface area contributed by atoms with Crippen molar-refractivity contribution in [2.75, 3.05) is 10.6 Å². The molecule has 1 aromatic carbocycles. The summed E-state index contributed by atoms with van der Waals surface area (Å²) in [6.07, 6.45) is 0.993. The standard InChI is InChI=1S/C12H16N2O/c1-3-8(2)11-12(15)14-10-7-5-4-6-9(10)13-11/h4-8,11,13H,3H2,1-2H3,(H,14,15)/t8-,11?/m0/s1. The number of nitrogens with one attached hydrogen (secondary N) is 2. The fourth-order valence-corrected chi connectivity index (χ4v) is 1.80. The lowest BCUT2D eigenvalue weighted by molar-refractivity contribution is -0.118. The summed E-state index contributed by atoms with van der Waals surface area (Å²) in [4.78, 5) is 11.8. The lowest BCUT2D eigenvalue weighted by atomic mass is 9.96. The predicted molar refractivity (Wildman–Crippen MR) is 61.9 cm³/mol. The third kappa shape index (κ3) is 1.82. The molecule has 1 aliphatic rings. The normalized spacial score (nSPS) is 21.2. The number of fused-ring (bicyclic) bond motifs is 1. The van der Waals surface area contributed by atoms with Gasteiger partial charge in [-0.2, -0.15) is 0 Å². The Labute approximate surface area is 89.9 Å². The molecule has 2 atom stereocenters. The van der Waals surface area contributed by atoms with Crippen molar-refractivity contribution >= 4 is 17.3 Å². The maximum Gasteiger partial charge on any atom is 0.247 e. The molecule has 2 rings (SSSR count). The number of hydrogen-bond acceptors (Lipinski definition) is 2. The van der Waals surface area contributed by atoms with Gasteiger partial charge in [0.15, 0.2) is 0 Å². The zero-order chi connectivity index (χ0) is 10.8. The molecule has 0 fully saturated rings. The highest BCUT2D eigenvalue weighted by Gasteiger charge is 2.28. The monoisotopic (exact) mass is 204 g/mol. The van der Waals surface area contributed by atoms with E-state index in [0.29, 0.717) is 5.92 Å². The Kier molecular flexibility index (Phi) is 2.62. The maximum absolute atomic E-state index is 11.8. The van der Waals surface area contributed by atoms with E-state index in [2.05, 4.69) is 24.5 Å². The molecule has 3 nitrogen and oxygen atoms in total. The zero-order valence-electron chi connectivity index (χ0n) is 9.08. The quantitative estimate of drug-likeness (QED) is 0.777. The fourth-order valence-electron chi connectivity index (χ4n) is 1.80. The Morgan fingerprint density at radius 2 is 2.00 bits per heavy atom. The molecule has 0 saturated heterocycles. The van der Waals surface area contributed by atoms with Crippen molar-refractivity contribution in [1.82, 2.24) is 0 Å². The van der Waals surface area contributed by atoms with Crippen molar-refractivity contribution < 1.29 is 4.79 Å². The fraction of sp³-hybridized carbons (Fsp3) is 0.417. The lowest BCUT2D eigenvalue weighted by Crippen LogP contribution is -2.43. The average molecular weight is 204 g/mol. The van der Waals surface area contributed by atoms with E-state index in [1.807, 2.05) is 24.3 Å². The summed E-state index contributed by atoms with van der Waals surface area (Å²) in [6.45, 7) is 4.19. The van der Waals surface area contributed by atoms with Gasteiger partial charge in [-0.3, -0.25) is 4.79 Å². The molecule has 0 aromatic heterocycles. The maximum atomic E-state index is 11.8. The van der Waals surface area contributed by atoms with Crippen LogP contribution in [0.2, 0.25) is 0 Å². The van der Waals surface area contributed by atoms with Crippen molar-refractivity contribution in [3.63, 3.8) is 0 Å². The smallest absolute Gasteiger partial charge is 0.247 e. The molecule has 0 aliphatic carbocycles. The van der Waals surface area contributed by atoms with Crippen LogP contribution in [0.15, 0.2) is 24.3 Å². The van der Waals surface area contributed by atoms with Gasteiger partial charge in [-0.15, -0.1) is 0 Å². The first-order chi connectivity index (χ1) is 7.22. The Balaban J connectivity index is 2.26. The van der Waals surface area contributed by atoms with Crippen LogP contribution < -0.4 is 10.6 Å². The molecule has 1 aliphatic heterocycles. The molecule has 1 amide bonds. The molecule has 0 bridgehead atoms. The van der Waals surface area contributed by atoms with E-state index in [4.69, 9.17) is 0 Å². The molecule has 0 spiro atoms. The molecule has 0 radical (unpaired) electrons. The first kappa shape index (κ1) is 10.0. The number of hydrogen-bond donors (Lipinski definition) is 2. The minimum atomic E-state index is -0.107. The highest BCUT2D eigenvalue weighted by Crippen LogP contribution is 2.28. The molecule has 2 N–H and O–H groups in total. The first-order valence-electron chi connectivity index (χ1n) is 5.38. The summed E-state index contributed by atoms with van der Waals surface area (Å²) >= 11 is 0. The molecule has 15 heavy (non-hydrogen) atoms. The lowest BCUT2D eigenvalue weighted by Gasteiger charge is -2.30. The first-order valence-corrected chi connectivity index (χ1v) is 5.38. The van der Waals surface area contributed by atoms with Gasteiger partial charge in [0, 0.05) is 0 Å². The van der Waals surface area contributed by atoms with Crippen molar-refractivity contribution in [2.45, 2.75) is 26.3 Å². The Morgan fingerprint density at radius 3 is 2.67 bits per heavy atom. The minimum Gasteiger partial charge on any atom is -0.372 e. The molecule has 0 saturated carbocycles. The number of carbonyl (C=O) groups is 1. The zero-order valence-corrected chi connectivity index (χ0v) is 9.08. The third-order valence-corrected chi connectivity index (χ3v) is 2.99. The van der Waals surface area contributed by atoms with Gasteiger partial charge in [-0.1, -0.05) is 32.4 Å². The Bertz CT molecular complexity index is 376. The van der Waals surface area contributed by atoms with E-state index >= 15 is 0 Å². The van der Waals surface area contributed by atoms with Crippen LogP contribution in [0.1, 0.15) is 20.3 Å². The molecular weight excluding hydrogens is 188 g/mol. The van der Waals surface area contributed by atoms with Crippen molar-refractivity contribution in [2.24, 2.45) is 5.92 Å². The van der Waals surface area contributed by atoms with E-state index < -0.39 is 0 Å². The summed E-state index contributed by atoms with van der Waals surface area (Å²) < 4.78 is 0. The van der Waals surface area contributed by atoms with E-state index in [1.165, 1.54) is 0 Å². The van der Waals surface area contributed by atoms with Crippen molar-refractivity contribution in [3.8, 4) is 0 Å². The van der Waals surface area contributed by atoms with Gasteiger partial charge in [-0.05, 0) is 18.1 Å². The van der Waals surface area contributed by atoms with E-state index in [9.17, 15) is 4.79 Å². The molecule has 1 unspecified atom stereocenters. The topological polar surface area (TPSA) is 41.1 Å². The molecule has 1 aromatic rings. The second-order valence-electron chi connectivity index (χ2n) is 4.04. The van der Waals surface area contributed by atoms with Crippen LogP contribution in [0.5, 0.6) is 0 Å². The van der Waals surface area contributed by atoms with Crippen LogP contribution in [0.25, 0.3) is 0 Å². The summed E-state index contributed by atoms with van der Waals surface area (Å²) in [7, 11) is 0.